The zero-order chi connectivity index (χ0) is 14.1. The van der Waals surface area contributed by atoms with Crippen LogP contribution >= 0.6 is 0 Å². The Hall–Kier alpha value is -1.54. The van der Waals surface area contributed by atoms with Crippen molar-refractivity contribution < 1.29 is 0 Å². The Morgan fingerprint density at radius 2 is 1.80 bits per heavy atom. The Morgan fingerprint density at radius 3 is 2.55 bits per heavy atom. The molecule has 2 unspecified atom stereocenters. The molecule has 106 valence electrons. The van der Waals surface area contributed by atoms with Crippen molar-refractivity contribution in [3.05, 3.63) is 42.0 Å². The first kappa shape index (κ1) is 13.4. The second-order valence-corrected chi connectivity index (χ2v) is 6.36. The largest absolute Gasteiger partial charge is 0.398 e. The molecule has 2 aromatic rings. The molecule has 2 N–H and O–H groups in total. The molecule has 1 aliphatic heterocycles. The summed E-state index contributed by atoms with van der Waals surface area (Å²) in [4.78, 5) is 2.58. The third kappa shape index (κ3) is 2.66. The SMILES string of the molecule is CC1CCC(C)N(Cc2cc3ccccc3cc2N)C1. The number of hydrogen-bond acceptors (Lipinski definition) is 2. The highest BCUT2D eigenvalue weighted by atomic mass is 15.2. The van der Waals surface area contributed by atoms with Gasteiger partial charge in [0.15, 0.2) is 0 Å². The Morgan fingerprint density at radius 1 is 1.10 bits per heavy atom. The van der Waals surface area contributed by atoms with E-state index >= 15 is 0 Å². The van der Waals surface area contributed by atoms with E-state index in [1.807, 2.05) is 0 Å². The van der Waals surface area contributed by atoms with Crippen LogP contribution in [0.1, 0.15) is 32.3 Å². The van der Waals surface area contributed by atoms with Gasteiger partial charge in [-0.05, 0) is 54.2 Å². The van der Waals surface area contributed by atoms with Gasteiger partial charge in [0, 0.05) is 24.8 Å². The zero-order valence-corrected chi connectivity index (χ0v) is 12.5. The lowest BCUT2D eigenvalue weighted by molar-refractivity contribution is 0.117. The molecule has 1 aliphatic rings. The van der Waals surface area contributed by atoms with Gasteiger partial charge in [-0.25, -0.2) is 0 Å². The van der Waals surface area contributed by atoms with E-state index in [2.05, 4.69) is 55.1 Å². The van der Waals surface area contributed by atoms with Gasteiger partial charge in [0.2, 0.25) is 0 Å². The fourth-order valence-electron chi connectivity index (χ4n) is 3.26. The lowest BCUT2D eigenvalue weighted by Crippen LogP contribution is -2.40. The smallest absolute Gasteiger partial charge is 0.0366 e. The molecule has 2 atom stereocenters. The number of anilines is 1. The Bertz CT molecular complexity index is 605. The van der Waals surface area contributed by atoms with E-state index in [0.717, 1.165) is 18.2 Å². The first-order chi connectivity index (χ1) is 9.63. The second-order valence-electron chi connectivity index (χ2n) is 6.36. The molecule has 1 heterocycles. The van der Waals surface area contributed by atoms with E-state index in [1.54, 1.807) is 0 Å². The summed E-state index contributed by atoms with van der Waals surface area (Å²) in [5.74, 6) is 0.799. The van der Waals surface area contributed by atoms with Crippen LogP contribution < -0.4 is 5.73 Å². The number of nitrogens with zero attached hydrogens (tertiary/aromatic N) is 1. The number of hydrogen-bond donors (Lipinski definition) is 1. The molecular formula is C18H24N2. The van der Waals surface area contributed by atoms with Gasteiger partial charge in [0.25, 0.3) is 0 Å². The van der Waals surface area contributed by atoms with Crippen LogP contribution in [-0.4, -0.2) is 17.5 Å². The maximum atomic E-state index is 6.26. The van der Waals surface area contributed by atoms with E-state index < -0.39 is 0 Å². The van der Waals surface area contributed by atoms with Gasteiger partial charge in [-0.2, -0.15) is 0 Å². The van der Waals surface area contributed by atoms with Crippen molar-refractivity contribution in [2.45, 2.75) is 39.3 Å². The summed E-state index contributed by atoms with van der Waals surface area (Å²) in [6, 6.07) is 13.5. The number of likely N-dealkylation sites (tertiary alicyclic amines) is 1. The van der Waals surface area contributed by atoms with Gasteiger partial charge >= 0.3 is 0 Å². The van der Waals surface area contributed by atoms with Crippen LogP contribution in [0.3, 0.4) is 0 Å². The minimum Gasteiger partial charge on any atom is -0.398 e. The predicted molar refractivity (Wildman–Crippen MR) is 86.6 cm³/mol. The maximum absolute atomic E-state index is 6.26. The highest BCUT2D eigenvalue weighted by molar-refractivity contribution is 5.86. The Balaban J connectivity index is 1.88. The summed E-state index contributed by atoms with van der Waals surface area (Å²) in [6.45, 7) is 6.85. The highest BCUT2D eigenvalue weighted by Crippen LogP contribution is 2.27. The summed E-state index contributed by atoms with van der Waals surface area (Å²) in [7, 11) is 0. The van der Waals surface area contributed by atoms with Gasteiger partial charge in [0.05, 0.1) is 0 Å². The number of piperidine rings is 1. The molecule has 0 saturated carbocycles. The third-order valence-corrected chi connectivity index (χ3v) is 4.63. The van der Waals surface area contributed by atoms with E-state index in [-0.39, 0.29) is 0 Å². The van der Waals surface area contributed by atoms with Crippen LogP contribution in [0.25, 0.3) is 10.8 Å². The van der Waals surface area contributed by atoms with Crippen molar-refractivity contribution in [3.8, 4) is 0 Å². The van der Waals surface area contributed by atoms with Crippen LogP contribution in [-0.2, 0) is 6.54 Å². The second kappa shape index (κ2) is 5.45. The first-order valence-corrected chi connectivity index (χ1v) is 7.64. The number of rotatable bonds is 2. The average molecular weight is 268 g/mol. The maximum Gasteiger partial charge on any atom is 0.0366 e. The van der Waals surface area contributed by atoms with E-state index in [0.29, 0.717) is 6.04 Å². The highest BCUT2D eigenvalue weighted by Gasteiger charge is 2.23. The summed E-state index contributed by atoms with van der Waals surface area (Å²) in [6.07, 6.45) is 2.65. The number of nitrogens with two attached hydrogens (primary N) is 1. The molecule has 1 saturated heterocycles. The Labute approximate surface area is 121 Å². The molecule has 2 heteroatoms. The average Bonchev–Trinajstić information content (AvgIpc) is 2.43. The van der Waals surface area contributed by atoms with Crippen molar-refractivity contribution in [1.29, 1.82) is 0 Å². The van der Waals surface area contributed by atoms with Gasteiger partial charge < -0.3 is 5.73 Å². The summed E-state index contributed by atoms with van der Waals surface area (Å²) in [5, 5.41) is 2.52. The molecule has 2 aromatic carbocycles. The Kier molecular flexibility index (Phi) is 3.66. The quantitative estimate of drug-likeness (QED) is 0.833. The van der Waals surface area contributed by atoms with E-state index in [4.69, 9.17) is 5.73 Å². The molecule has 0 spiro atoms. The zero-order valence-electron chi connectivity index (χ0n) is 12.5. The lowest BCUT2D eigenvalue weighted by atomic mass is 9.94. The fraction of sp³-hybridized carbons (Fsp3) is 0.444. The van der Waals surface area contributed by atoms with Crippen molar-refractivity contribution in [1.82, 2.24) is 4.90 Å². The molecule has 0 aliphatic carbocycles. The molecule has 0 amide bonds. The minimum atomic E-state index is 0.664. The molecule has 3 rings (SSSR count). The van der Waals surface area contributed by atoms with Crippen LogP contribution in [0.5, 0.6) is 0 Å². The fourth-order valence-corrected chi connectivity index (χ4v) is 3.26. The summed E-state index contributed by atoms with van der Waals surface area (Å²) >= 11 is 0. The molecule has 20 heavy (non-hydrogen) atoms. The minimum absolute atomic E-state index is 0.664. The lowest BCUT2D eigenvalue weighted by Gasteiger charge is -2.37. The molecule has 2 nitrogen and oxygen atoms in total. The van der Waals surface area contributed by atoms with Crippen LogP contribution in [0, 0.1) is 5.92 Å². The summed E-state index contributed by atoms with van der Waals surface area (Å²) < 4.78 is 0. The first-order valence-electron chi connectivity index (χ1n) is 7.64. The van der Waals surface area contributed by atoms with Crippen molar-refractivity contribution in [2.24, 2.45) is 5.92 Å². The van der Waals surface area contributed by atoms with Crippen LogP contribution in [0.4, 0.5) is 5.69 Å². The van der Waals surface area contributed by atoms with Gasteiger partial charge in [-0.1, -0.05) is 31.2 Å². The van der Waals surface area contributed by atoms with Gasteiger partial charge in [-0.15, -0.1) is 0 Å². The van der Waals surface area contributed by atoms with E-state index in [9.17, 15) is 0 Å². The molecule has 0 radical (unpaired) electrons. The van der Waals surface area contributed by atoms with Gasteiger partial charge in [-0.3, -0.25) is 4.90 Å². The molecule has 0 aromatic heterocycles. The third-order valence-electron chi connectivity index (χ3n) is 4.63. The molecule has 0 bridgehead atoms. The van der Waals surface area contributed by atoms with Crippen molar-refractivity contribution in [2.75, 3.05) is 12.3 Å². The van der Waals surface area contributed by atoms with Crippen molar-refractivity contribution >= 4 is 16.5 Å². The van der Waals surface area contributed by atoms with Crippen LogP contribution in [0.2, 0.25) is 0 Å². The number of benzene rings is 2. The van der Waals surface area contributed by atoms with Crippen molar-refractivity contribution in [3.63, 3.8) is 0 Å². The standard InChI is InChI=1S/C18H24N2/c1-13-7-8-14(2)20(11-13)12-17-9-15-5-3-4-6-16(15)10-18(17)19/h3-6,9-10,13-14H,7-8,11-12,19H2,1-2H3. The van der Waals surface area contributed by atoms with Gasteiger partial charge in [0.1, 0.15) is 0 Å². The van der Waals surface area contributed by atoms with E-state index in [1.165, 1.54) is 35.7 Å². The molecular weight excluding hydrogens is 244 g/mol. The topological polar surface area (TPSA) is 29.3 Å². The summed E-state index contributed by atoms with van der Waals surface area (Å²) in [5.41, 5.74) is 8.45. The number of fused-ring (bicyclic) bond motifs is 1. The van der Waals surface area contributed by atoms with Crippen LogP contribution in [0.15, 0.2) is 36.4 Å². The normalized spacial score (nSPS) is 24.1. The monoisotopic (exact) mass is 268 g/mol. The predicted octanol–water partition coefficient (Wildman–Crippen LogP) is 4.04. The molecule has 1 fully saturated rings. The number of nitrogen functional groups attached to an aromatic ring is 1.